The molecular formula is C49H26N2. The molecule has 0 radical (unpaired) electrons. The van der Waals surface area contributed by atoms with Gasteiger partial charge in [0.2, 0.25) is 0 Å². The minimum atomic E-state index is -0.498. The van der Waals surface area contributed by atoms with Gasteiger partial charge in [-0.2, -0.15) is 0 Å². The topological polar surface area (TPSA) is 8.72 Å². The highest BCUT2D eigenvalue weighted by Crippen LogP contribution is 2.67. The summed E-state index contributed by atoms with van der Waals surface area (Å²) in [6.07, 6.45) is 0. The average molecular weight is 643 g/mol. The predicted octanol–water partition coefficient (Wildman–Crippen LogP) is 13.3. The van der Waals surface area contributed by atoms with E-state index in [4.69, 9.17) is 13.1 Å². The standard InChI is InChI=1S/C49H26N2/c1-50-31-25-30(26-32(27-31)51-2)33-15-3-4-18-36(33)48-46-39-21-12-14-29-13-11-20-37(45(29)39)40(46)28-44-47(48)38-19-7-10-24-43(38)49(44)41-22-8-5-16-34(41)35-17-6-9-23-42(35)49/h3-28H. The summed E-state index contributed by atoms with van der Waals surface area (Å²) >= 11 is 0. The Bertz CT molecular complexity index is 2870. The third-order valence-electron chi connectivity index (χ3n) is 11.4. The Balaban J connectivity index is 1.36. The van der Waals surface area contributed by atoms with Crippen molar-refractivity contribution in [1.29, 1.82) is 0 Å². The van der Waals surface area contributed by atoms with Crippen LogP contribution >= 0.6 is 0 Å². The van der Waals surface area contributed by atoms with Crippen molar-refractivity contribution >= 4 is 22.1 Å². The molecule has 0 fully saturated rings. The molecule has 2 nitrogen and oxygen atoms in total. The second kappa shape index (κ2) is 10.0. The molecule has 11 rings (SSSR count). The smallest absolute Gasteiger partial charge is 0.177 e. The van der Waals surface area contributed by atoms with Crippen LogP contribution in [0.1, 0.15) is 22.3 Å². The Morgan fingerprint density at radius 2 is 0.863 bits per heavy atom. The second-order valence-electron chi connectivity index (χ2n) is 13.7. The van der Waals surface area contributed by atoms with E-state index < -0.39 is 5.41 Å². The number of rotatable bonds is 2. The molecule has 0 saturated heterocycles. The van der Waals surface area contributed by atoms with Crippen molar-refractivity contribution in [2.45, 2.75) is 5.41 Å². The third kappa shape index (κ3) is 3.44. The first-order valence-electron chi connectivity index (χ1n) is 17.3. The van der Waals surface area contributed by atoms with Gasteiger partial charge in [-0.15, -0.1) is 0 Å². The molecule has 1 spiro atoms. The molecule has 2 heteroatoms. The molecule has 0 bridgehead atoms. The minimum Gasteiger partial charge on any atom is -0.239 e. The normalized spacial score (nSPS) is 13.2. The molecule has 0 saturated carbocycles. The van der Waals surface area contributed by atoms with Gasteiger partial charge in [-0.3, -0.25) is 0 Å². The monoisotopic (exact) mass is 642 g/mol. The van der Waals surface area contributed by atoms with Crippen molar-refractivity contribution in [1.82, 2.24) is 0 Å². The first-order valence-corrected chi connectivity index (χ1v) is 17.3. The lowest BCUT2D eigenvalue weighted by Gasteiger charge is -2.31. The summed E-state index contributed by atoms with van der Waals surface area (Å²) < 4.78 is 0. The van der Waals surface area contributed by atoms with Gasteiger partial charge < -0.3 is 0 Å². The van der Waals surface area contributed by atoms with Crippen molar-refractivity contribution in [3.05, 3.63) is 203 Å². The zero-order valence-corrected chi connectivity index (χ0v) is 27.4. The Hall–Kier alpha value is -7.00. The van der Waals surface area contributed by atoms with E-state index in [9.17, 15) is 0 Å². The van der Waals surface area contributed by atoms with Crippen LogP contribution < -0.4 is 0 Å². The van der Waals surface area contributed by atoms with Gasteiger partial charge in [0.1, 0.15) is 0 Å². The van der Waals surface area contributed by atoms with E-state index in [1.54, 1.807) is 6.07 Å². The third-order valence-corrected chi connectivity index (χ3v) is 11.4. The van der Waals surface area contributed by atoms with Crippen LogP contribution in [0.25, 0.3) is 87.2 Å². The zero-order valence-electron chi connectivity index (χ0n) is 27.4. The predicted molar refractivity (Wildman–Crippen MR) is 208 cm³/mol. The van der Waals surface area contributed by atoms with Crippen molar-refractivity contribution in [2.75, 3.05) is 0 Å². The van der Waals surface area contributed by atoms with E-state index in [0.29, 0.717) is 11.4 Å². The molecule has 0 aromatic heterocycles. The SMILES string of the molecule is [C-]#[N+]c1cc([N+]#[C-])cc(-c2ccccc2-c2c3c(cc4c2-c2ccccc2C42c4ccccc4-c4ccccc42)-c2cccc4cccc-3c24)c1. The van der Waals surface area contributed by atoms with Crippen LogP contribution in [0.15, 0.2) is 158 Å². The van der Waals surface area contributed by atoms with Gasteiger partial charge in [0.25, 0.3) is 0 Å². The van der Waals surface area contributed by atoms with E-state index in [1.807, 2.05) is 12.1 Å². The summed E-state index contributed by atoms with van der Waals surface area (Å²) in [7, 11) is 0. The highest BCUT2D eigenvalue weighted by molar-refractivity contribution is 6.22. The van der Waals surface area contributed by atoms with E-state index in [2.05, 4.69) is 149 Å². The highest BCUT2D eigenvalue weighted by Gasteiger charge is 2.53. The fraction of sp³-hybridized carbons (Fsp3) is 0.0204. The Morgan fingerprint density at radius 1 is 0.353 bits per heavy atom. The minimum absolute atomic E-state index is 0.470. The van der Waals surface area contributed by atoms with E-state index >= 15 is 0 Å². The molecule has 0 atom stereocenters. The van der Waals surface area contributed by atoms with Crippen LogP contribution in [0.3, 0.4) is 0 Å². The van der Waals surface area contributed by atoms with Crippen LogP contribution in [-0.4, -0.2) is 0 Å². The number of hydrogen-bond donors (Lipinski definition) is 0. The van der Waals surface area contributed by atoms with Gasteiger partial charge in [-0.25, -0.2) is 9.69 Å². The maximum atomic E-state index is 7.85. The van der Waals surface area contributed by atoms with Gasteiger partial charge in [-0.1, -0.05) is 152 Å². The summed E-state index contributed by atoms with van der Waals surface area (Å²) in [5.74, 6) is 0. The first-order chi connectivity index (χ1) is 25.2. The second-order valence-corrected chi connectivity index (χ2v) is 13.7. The van der Waals surface area contributed by atoms with E-state index in [1.165, 1.54) is 83.1 Å². The lowest BCUT2D eigenvalue weighted by atomic mass is 9.69. The molecule has 232 valence electrons. The highest BCUT2D eigenvalue weighted by atomic mass is 14.7. The summed E-state index contributed by atoms with van der Waals surface area (Å²) in [6, 6.07) is 56.9. The maximum absolute atomic E-state index is 7.85. The molecule has 0 heterocycles. The molecular weight excluding hydrogens is 617 g/mol. The van der Waals surface area contributed by atoms with Crippen LogP contribution in [0.4, 0.5) is 11.4 Å². The van der Waals surface area contributed by atoms with Gasteiger partial charge in [0.05, 0.1) is 18.6 Å². The number of hydrogen-bond acceptors (Lipinski definition) is 0. The summed E-state index contributed by atoms with van der Waals surface area (Å²) in [5.41, 5.74) is 19.9. The van der Waals surface area contributed by atoms with Crippen LogP contribution in [-0.2, 0) is 5.41 Å². The lowest BCUT2D eigenvalue weighted by molar-refractivity contribution is 0.794. The molecule has 0 amide bonds. The lowest BCUT2D eigenvalue weighted by Crippen LogP contribution is -2.26. The number of benzene rings is 8. The Labute approximate surface area is 296 Å². The molecule has 0 aliphatic heterocycles. The van der Waals surface area contributed by atoms with Gasteiger partial charge in [0.15, 0.2) is 11.4 Å². The van der Waals surface area contributed by atoms with Crippen molar-refractivity contribution in [3.63, 3.8) is 0 Å². The molecule has 8 aromatic rings. The zero-order chi connectivity index (χ0) is 33.8. The molecule has 0 unspecified atom stereocenters. The molecule has 8 aromatic carbocycles. The fourth-order valence-electron chi connectivity index (χ4n) is 9.62. The fourth-order valence-corrected chi connectivity index (χ4v) is 9.62. The largest absolute Gasteiger partial charge is 0.239 e. The van der Waals surface area contributed by atoms with Crippen molar-refractivity contribution in [3.8, 4) is 66.8 Å². The van der Waals surface area contributed by atoms with Crippen LogP contribution in [0.5, 0.6) is 0 Å². The summed E-state index contributed by atoms with van der Waals surface area (Å²) in [5, 5.41) is 2.52. The Morgan fingerprint density at radius 3 is 1.49 bits per heavy atom. The quantitative estimate of drug-likeness (QED) is 0.166. The molecule has 0 N–H and O–H groups in total. The maximum Gasteiger partial charge on any atom is 0.177 e. The van der Waals surface area contributed by atoms with Gasteiger partial charge >= 0.3 is 0 Å². The molecule has 3 aliphatic rings. The molecule has 51 heavy (non-hydrogen) atoms. The van der Waals surface area contributed by atoms with Crippen molar-refractivity contribution in [2.24, 2.45) is 0 Å². The van der Waals surface area contributed by atoms with Gasteiger partial charge in [0, 0.05) is 0 Å². The van der Waals surface area contributed by atoms with Gasteiger partial charge in [-0.05, 0) is 106 Å². The molecule has 3 aliphatic carbocycles. The summed E-state index contributed by atoms with van der Waals surface area (Å²) in [4.78, 5) is 7.53. The van der Waals surface area contributed by atoms with Crippen molar-refractivity contribution < 1.29 is 0 Å². The van der Waals surface area contributed by atoms with Crippen LogP contribution in [0, 0.1) is 13.1 Å². The van der Waals surface area contributed by atoms with Crippen LogP contribution in [0.2, 0.25) is 0 Å². The van der Waals surface area contributed by atoms with E-state index in [0.717, 1.165) is 16.7 Å². The number of nitrogens with zero attached hydrogens (tertiary/aromatic N) is 2. The average Bonchev–Trinajstić information content (AvgIpc) is 3.80. The Kier molecular flexibility index (Phi) is 5.48. The first kappa shape index (κ1) is 27.9. The summed E-state index contributed by atoms with van der Waals surface area (Å²) in [6.45, 7) is 15.7. The number of fused-ring (bicyclic) bond motifs is 13. The van der Waals surface area contributed by atoms with E-state index in [-0.39, 0.29) is 0 Å².